The van der Waals surface area contributed by atoms with Gasteiger partial charge in [-0.15, -0.1) is 0 Å². The van der Waals surface area contributed by atoms with Crippen molar-refractivity contribution in [3.8, 4) is 5.75 Å². The number of rotatable bonds is 9. The van der Waals surface area contributed by atoms with E-state index in [9.17, 15) is 9.59 Å². The van der Waals surface area contributed by atoms with E-state index in [4.69, 9.17) is 25.6 Å². The summed E-state index contributed by atoms with van der Waals surface area (Å²) in [6.45, 7) is 5.93. The third-order valence-corrected chi connectivity index (χ3v) is 5.15. The fourth-order valence-electron chi connectivity index (χ4n) is 2.96. The number of amides is 1. The Bertz CT molecular complexity index is 1040. The van der Waals surface area contributed by atoms with Crippen LogP contribution in [0.3, 0.4) is 0 Å². The molecule has 0 spiro atoms. The molecule has 168 valence electrons. The topological polar surface area (TPSA) is 90.7 Å². The highest BCUT2D eigenvalue weighted by atomic mass is 35.5. The maximum atomic E-state index is 12.2. The van der Waals surface area contributed by atoms with E-state index < -0.39 is 12.1 Å². The van der Waals surface area contributed by atoms with Crippen LogP contribution in [0.15, 0.2) is 53.1 Å². The van der Waals surface area contributed by atoms with E-state index in [2.05, 4.69) is 10.5 Å². The molecular weight excluding hydrogens is 432 g/mol. The normalized spacial score (nSPS) is 11.6. The number of halogens is 1. The highest BCUT2D eigenvalue weighted by molar-refractivity contribution is 6.30. The highest BCUT2D eigenvalue weighted by Gasteiger charge is 2.18. The Morgan fingerprint density at radius 1 is 1.06 bits per heavy atom. The number of carbonyl (C=O) groups is 2. The van der Waals surface area contributed by atoms with Crippen LogP contribution < -0.4 is 10.1 Å². The van der Waals surface area contributed by atoms with Crippen molar-refractivity contribution in [3.05, 3.63) is 81.7 Å². The average molecular weight is 457 g/mol. The van der Waals surface area contributed by atoms with Crippen molar-refractivity contribution in [3.63, 3.8) is 0 Å². The molecule has 0 aliphatic rings. The largest absolute Gasteiger partial charge is 0.489 e. The molecule has 0 aliphatic carbocycles. The van der Waals surface area contributed by atoms with Crippen molar-refractivity contribution in [2.75, 3.05) is 0 Å². The van der Waals surface area contributed by atoms with Gasteiger partial charge in [0.1, 0.15) is 18.1 Å². The van der Waals surface area contributed by atoms with Crippen LogP contribution in [0.4, 0.5) is 0 Å². The van der Waals surface area contributed by atoms with Crippen molar-refractivity contribution >= 4 is 23.5 Å². The lowest BCUT2D eigenvalue weighted by atomic mass is 10.1. The number of benzene rings is 2. The SMILES string of the molecule is Cc1noc(C)c1COc1ccc(CC(=O)OC(C)C(=O)NCc2ccc(Cl)cc2)cc1. The highest BCUT2D eigenvalue weighted by Crippen LogP contribution is 2.18. The van der Waals surface area contributed by atoms with Crippen LogP contribution in [0.2, 0.25) is 5.02 Å². The zero-order chi connectivity index (χ0) is 23.1. The summed E-state index contributed by atoms with van der Waals surface area (Å²) in [4.78, 5) is 24.4. The van der Waals surface area contributed by atoms with Gasteiger partial charge in [-0.2, -0.15) is 0 Å². The third-order valence-electron chi connectivity index (χ3n) is 4.89. The summed E-state index contributed by atoms with van der Waals surface area (Å²) in [5.74, 6) is 0.546. The second-order valence-corrected chi connectivity index (χ2v) is 7.82. The molecule has 1 amide bonds. The molecule has 3 aromatic rings. The minimum absolute atomic E-state index is 0.0545. The lowest BCUT2D eigenvalue weighted by Gasteiger charge is -2.14. The monoisotopic (exact) mass is 456 g/mol. The standard InChI is InChI=1S/C24H25ClN2O5/c1-15-22(16(2)32-27-15)14-30-21-10-6-18(7-11-21)12-23(28)31-17(3)24(29)26-13-19-4-8-20(25)9-5-19/h4-11,17H,12-14H2,1-3H3,(H,26,29). The Labute approximate surface area is 191 Å². The zero-order valence-electron chi connectivity index (χ0n) is 18.2. The maximum absolute atomic E-state index is 12.2. The molecule has 1 heterocycles. The van der Waals surface area contributed by atoms with Crippen molar-refractivity contribution in [1.82, 2.24) is 10.5 Å². The van der Waals surface area contributed by atoms with Gasteiger partial charge in [-0.3, -0.25) is 9.59 Å². The molecule has 32 heavy (non-hydrogen) atoms. The number of aryl methyl sites for hydroxylation is 2. The summed E-state index contributed by atoms with van der Waals surface area (Å²) in [5, 5.41) is 7.27. The van der Waals surface area contributed by atoms with Crippen molar-refractivity contribution in [2.24, 2.45) is 0 Å². The van der Waals surface area contributed by atoms with Crippen molar-refractivity contribution in [2.45, 2.75) is 46.4 Å². The van der Waals surface area contributed by atoms with E-state index in [1.807, 2.05) is 26.0 Å². The molecular formula is C24H25ClN2O5. The number of hydrogen-bond acceptors (Lipinski definition) is 6. The third kappa shape index (κ3) is 6.59. The van der Waals surface area contributed by atoms with Crippen LogP contribution in [0.25, 0.3) is 0 Å². The second kappa shape index (κ2) is 10.8. The summed E-state index contributed by atoms with van der Waals surface area (Å²) < 4.78 is 16.1. The zero-order valence-corrected chi connectivity index (χ0v) is 18.9. The molecule has 8 heteroatoms. The summed E-state index contributed by atoms with van der Waals surface area (Å²) in [7, 11) is 0. The molecule has 0 saturated carbocycles. The Morgan fingerprint density at radius 2 is 1.72 bits per heavy atom. The number of nitrogens with zero attached hydrogens (tertiary/aromatic N) is 1. The molecule has 0 bridgehead atoms. The van der Waals surface area contributed by atoms with Gasteiger partial charge in [-0.1, -0.05) is 41.0 Å². The Hall–Kier alpha value is -3.32. The average Bonchev–Trinajstić information content (AvgIpc) is 3.09. The van der Waals surface area contributed by atoms with E-state index >= 15 is 0 Å². The van der Waals surface area contributed by atoms with Crippen LogP contribution in [-0.2, 0) is 33.9 Å². The van der Waals surface area contributed by atoms with E-state index in [1.165, 1.54) is 0 Å². The lowest BCUT2D eigenvalue weighted by molar-refractivity contribution is -0.154. The molecule has 0 aliphatic heterocycles. The Balaban J connectivity index is 1.43. The van der Waals surface area contributed by atoms with Gasteiger partial charge >= 0.3 is 5.97 Å². The van der Waals surface area contributed by atoms with Gasteiger partial charge in [0, 0.05) is 11.6 Å². The molecule has 1 unspecified atom stereocenters. The summed E-state index contributed by atoms with van der Waals surface area (Å²) in [6.07, 6.45) is -0.841. The lowest BCUT2D eigenvalue weighted by Crippen LogP contribution is -2.35. The van der Waals surface area contributed by atoms with Crippen LogP contribution in [0, 0.1) is 13.8 Å². The first-order chi connectivity index (χ1) is 15.3. The van der Waals surface area contributed by atoms with Crippen molar-refractivity contribution in [1.29, 1.82) is 0 Å². The maximum Gasteiger partial charge on any atom is 0.311 e. The molecule has 7 nitrogen and oxygen atoms in total. The van der Waals surface area contributed by atoms with Gasteiger partial charge in [-0.25, -0.2) is 0 Å². The van der Waals surface area contributed by atoms with Crippen LogP contribution >= 0.6 is 11.6 Å². The molecule has 0 saturated heterocycles. The summed E-state index contributed by atoms with van der Waals surface area (Å²) in [5.41, 5.74) is 3.38. The van der Waals surface area contributed by atoms with E-state index in [0.717, 1.165) is 28.1 Å². The molecule has 1 aromatic heterocycles. The first kappa shape index (κ1) is 23.3. The summed E-state index contributed by atoms with van der Waals surface area (Å²) in [6, 6.07) is 14.3. The van der Waals surface area contributed by atoms with Crippen LogP contribution in [0.1, 0.15) is 35.1 Å². The molecule has 1 N–H and O–H groups in total. The Morgan fingerprint density at radius 3 is 2.34 bits per heavy atom. The van der Waals surface area contributed by atoms with Crippen molar-refractivity contribution < 1.29 is 23.6 Å². The second-order valence-electron chi connectivity index (χ2n) is 7.39. The van der Waals surface area contributed by atoms with Gasteiger partial charge in [0.2, 0.25) is 0 Å². The fraction of sp³-hybridized carbons (Fsp3) is 0.292. The predicted molar refractivity (Wildman–Crippen MR) is 119 cm³/mol. The van der Waals surface area contributed by atoms with E-state index in [0.29, 0.717) is 23.9 Å². The van der Waals surface area contributed by atoms with Gasteiger partial charge in [0.25, 0.3) is 5.91 Å². The smallest absolute Gasteiger partial charge is 0.311 e. The number of aromatic nitrogens is 1. The van der Waals surface area contributed by atoms with Crippen LogP contribution in [-0.4, -0.2) is 23.1 Å². The molecule has 0 radical (unpaired) electrons. The predicted octanol–water partition coefficient (Wildman–Crippen LogP) is 4.31. The first-order valence-electron chi connectivity index (χ1n) is 10.2. The molecule has 3 rings (SSSR count). The molecule has 1 atom stereocenters. The number of carbonyl (C=O) groups excluding carboxylic acids is 2. The summed E-state index contributed by atoms with van der Waals surface area (Å²) >= 11 is 5.85. The number of ether oxygens (including phenoxy) is 2. The van der Waals surface area contributed by atoms with E-state index in [1.54, 1.807) is 43.3 Å². The van der Waals surface area contributed by atoms with E-state index in [-0.39, 0.29) is 12.3 Å². The van der Waals surface area contributed by atoms with Gasteiger partial charge < -0.3 is 19.3 Å². The van der Waals surface area contributed by atoms with Gasteiger partial charge in [0.05, 0.1) is 17.7 Å². The molecule has 2 aromatic carbocycles. The quantitative estimate of drug-likeness (QED) is 0.482. The Kier molecular flexibility index (Phi) is 7.89. The van der Waals surface area contributed by atoms with Crippen LogP contribution in [0.5, 0.6) is 5.75 Å². The minimum atomic E-state index is -0.896. The first-order valence-corrected chi connectivity index (χ1v) is 10.5. The molecule has 0 fully saturated rings. The van der Waals surface area contributed by atoms with Gasteiger partial charge in [-0.05, 0) is 56.2 Å². The fourth-order valence-corrected chi connectivity index (χ4v) is 3.09. The number of esters is 1. The minimum Gasteiger partial charge on any atom is -0.489 e. The number of nitrogens with one attached hydrogen (secondary N) is 1. The van der Waals surface area contributed by atoms with Gasteiger partial charge in [0.15, 0.2) is 6.10 Å². The number of hydrogen-bond donors (Lipinski definition) is 1.